The van der Waals surface area contributed by atoms with Crippen molar-refractivity contribution in [2.24, 2.45) is 0 Å². The fourth-order valence-electron chi connectivity index (χ4n) is 1.03. The Kier molecular flexibility index (Phi) is 3.01. The Labute approximate surface area is 82.5 Å². The first-order valence-electron chi connectivity index (χ1n) is 4.19. The Hall–Kier alpha value is -1.65. The third kappa shape index (κ3) is 2.42. The number of carbonyl (C=O) groups excluding carboxylic acids is 1. The number of hydrogen-bond donors (Lipinski definition) is 1. The van der Waals surface area contributed by atoms with Gasteiger partial charge in [-0.05, 0) is 19.9 Å². The summed E-state index contributed by atoms with van der Waals surface area (Å²) in [6, 6.07) is 1.75. The highest BCUT2D eigenvalue weighted by atomic mass is 16.5. The molecule has 5 nitrogen and oxygen atoms in total. The number of ether oxygens (including phenoxy) is 1. The van der Waals surface area contributed by atoms with E-state index in [2.05, 4.69) is 20.0 Å². The van der Waals surface area contributed by atoms with Crippen LogP contribution in [-0.2, 0) is 10.3 Å². The summed E-state index contributed by atoms with van der Waals surface area (Å²) in [5, 5.41) is 2.67. The van der Waals surface area contributed by atoms with Gasteiger partial charge in [0.05, 0.1) is 18.3 Å². The van der Waals surface area contributed by atoms with E-state index >= 15 is 0 Å². The molecule has 0 fully saturated rings. The number of alkyl carbamates (subject to hydrolysis) is 1. The Morgan fingerprint density at radius 2 is 2.29 bits per heavy atom. The van der Waals surface area contributed by atoms with Crippen molar-refractivity contribution in [3.05, 3.63) is 24.3 Å². The number of hydrogen-bond acceptors (Lipinski definition) is 4. The average Bonchev–Trinajstić information content (AvgIpc) is 2.18. The minimum Gasteiger partial charge on any atom is -0.453 e. The van der Waals surface area contributed by atoms with E-state index in [0.29, 0.717) is 0 Å². The Bertz CT molecular complexity index is 311. The number of carbonyl (C=O) groups is 1. The van der Waals surface area contributed by atoms with Crippen molar-refractivity contribution in [2.45, 2.75) is 19.4 Å². The van der Waals surface area contributed by atoms with Crippen molar-refractivity contribution in [2.75, 3.05) is 7.11 Å². The summed E-state index contributed by atoms with van der Waals surface area (Å²) in [6.45, 7) is 3.68. The summed E-state index contributed by atoms with van der Waals surface area (Å²) in [7, 11) is 1.32. The maximum atomic E-state index is 11.0. The second-order valence-electron chi connectivity index (χ2n) is 3.34. The van der Waals surface area contributed by atoms with Crippen LogP contribution in [0.5, 0.6) is 0 Å². The smallest absolute Gasteiger partial charge is 0.407 e. The number of methoxy groups -OCH3 is 1. The van der Waals surface area contributed by atoms with Crippen LogP contribution in [0, 0.1) is 0 Å². The number of aromatic nitrogens is 2. The lowest BCUT2D eigenvalue weighted by Gasteiger charge is -2.24. The maximum Gasteiger partial charge on any atom is 0.407 e. The number of nitrogens with one attached hydrogen (secondary N) is 1. The molecule has 1 aromatic heterocycles. The van der Waals surface area contributed by atoms with E-state index in [4.69, 9.17) is 0 Å². The predicted octanol–water partition coefficient (Wildman–Crippen LogP) is 1.07. The molecule has 0 unspecified atom stereocenters. The van der Waals surface area contributed by atoms with E-state index in [1.165, 1.54) is 13.4 Å². The zero-order valence-electron chi connectivity index (χ0n) is 8.44. The average molecular weight is 195 g/mol. The summed E-state index contributed by atoms with van der Waals surface area (Å²) in [4.78, 5) is 18.9. The highest BCUT2D eigenvalue weighted by Crippen LogP contribution is 2.16. The molecule has 0 aliphatic carbocycles. The standard InChI is InChI=1S/C9H13N3O2/c1-9(2,12-8(13)14-3)7-4-5-10-6-11-7/h4-6H,1-3H3,(H,12,13). The lowest BCUT2D eigenvalue weighted by atomic mass is 10.0. The van der Waals surface area contributed by atoms with E-state index < -0.39 is 11.6 Å². The molecule has 0 aliphatic rings. The molecule has 0 aliphatic heterocycles. The summed E-state index contributed by atoms with van der Waals surface area (Å²) in [6.07, 6.45) is 2.59. The Balaban J connectivity index is 2.80. The zero-order chi connectivity index (χ0) is 10.6. The Morgan fingerprint density at radius 1 is 1.57 bits per heavy atom. The number of nitrogens with zero attached hydrogens (tertiary/aromatic N) is 2. The molecular weight excluding hydrogens is 182 g/mol. The van der Waals surface area contributed by atoms with Gasteiger partial charge in [0.25, 0.3) is 0 Å². The van der Waals surface area contributed by atoms with Crippen LogP contribution in [0.4, 0.5) is 4.79 Å². The first kappa shape index (κ1) is 10.4. The molecule has 1 aromatic rings. The maximum absolute atomic E-state index is 11.0. The summed E-state index contributed by atoms with van der Waals surface area (Å²) in [5.74, 6) is 0. The van der Waals surface area contributed by atoms with Gasteiger partial charge in [0.1, 0.15) is 6.33 Å². The molecule has 0 atom stereocenters. The van der Waals surface area contributed by atoms with Crippen molar-refractivity contribution >= 4 is 6.09 Å². The molecule has 0 radical (unpaired) electrons. The molecule has 1 N–H and O–H groups in total. The van der Waals surface area contributed by atoms with E-state index in [1.54, 1.807) is 12.3 Å². The van der Waals surface area contributed by atoms with Crippen LogP contribution in [0.15, 0.2) is 18.6 Å². The molecule has 1 amide bonds. The van der Waals surface area contributed by atoms with Crippen molar-refractivity contribution in [1.29, 1.82) is 0 Å². The van der Waals surface area contributed by atoms with Crippen LogP contribution in [0.25, 0.3) is 0 Å². The topological polar surface area (TPSA) is 64.1 Å². The van der Waals surface area contributed by atoms with E-state index in [9.17, 15) is 4.79 Å². The molecule has 0 saturated heterocycles. The minimum atomic E-state index is -0.559. The van der Waals surface area contributed by atoms with Gasteiger partial charge < -0.3 is 10.1 Å². The molecule has 1 heterocycles. The van der Waals surface area contributed by atoms with Gasteiger partial charge in [-0.1, -0.05) is 0 Å². The second-order valence-corrected chi connectivity index (χ2v) is 3.34. The molecule has 1 rings (SSSR count). The molecule has 76 valence electrons. The van der Waals surface area contributed by atoms with E-state index in [0.717, 1.165) is 5.69 Å². The highest BCUT2D eigenvalue weighted by molar-refractivity contribution is 5.68. The third-order valence-corrected chi connectivity index (χ3v) is 1.82. The normalized spacial score (nSPS) is 10.8. The van der Waals surface area contributed by atoms with Gasteiger partial charge in [0.2, 0.25) is 0 Å². The van der Waals surface area contributed by atoms with Crippen molar-refractivity contribution in [3.63, 3.8) is 0 Å². The lowest BCUT2D eigenvalue weighted by molar-refractivity contribution is 0.159. The van der Waals surface area contributed by atoms with Crippen LogP contribution >= 0.6 is 0 Å². The van der Waals surface area contributed by atoms with Gasteiger partial charge >= 0.3 is 6.09 Å². The fourth-order valence-corrected chi connectivity index (χ4v) is 1.03. The van der Waals surface area contributed by atoms with Crippen LogP contribution in [0.3, 0.4) is 0 Å². The van der Waals surface area contributed by atoms with Crippen molar-refractivity contribution in [1.82, 2.24) is 15.3 Å². The molecule has 0 spiro atoms. The fraction of sp³-hybridized carbons (Fsp3) is 0.444. The number of amides is 1. The van der Waals surface area contributed by atoms with Crippen LogP contribution in [-0.4, -0.2) is 23.2 Å². The summed E-state index contributed by atoms with van der Waals surface area (Å²) in [5.41, 5.74) is 0.175. The second kappa shape index (κ2) is 4.04. The lowest BCUT2D eigenvalue weighted by Crippen LogP contribution is -2.41. The summed E-state index contributed by atoms with van der Waals surface area (Å²) >= 11 is 0. The molecular formula is C9H13N3O2. The quantitative estimate of drug-likeness (QED) is 0.766. The van der Waals surface area contributed by atoms with Gasteiger partial charge in [-0.25, -0.2) is 14.8 Å². The van der Waals surface area contributed by atoms with Crippen LogP contribution in [0.2, 0.25) is 0 Å². The molecule has 0 aromatic carbocycles. The highest BCUT2D eigenvalue weighted by Gasteiger charge is 2.24. The SMILES string of the molecule is COC(=O)NC(C)(C)c1ccncn1. The molecule has 5 heteroatoms. The molecule has 14 heavy (non-hydrogen) atoms. The van der Waals surface area contributed by atoms with Crippen molar-refractivity contribution < 1.29 is 9.53 Å². The monoisotopic (exact) mass is 195 g/mol. The largest absolute Gasteiger partial charge is 0.453 e. The van der Waals surface area contributed by atoms with Gasteiger partial charge in [0, 0.05) is 6.20 Å². The van der Waals surface area contributed by atoms with E-state index in [1.807, 2.05) is 13.8 Å². The van der Waals surface area contributed by atoms with E-state index in [-0.39, 0.29) is 0 Å². The van der Waals surface area contributed by atoms with Gasteiger partial charge in [0.15, 0.2) is 0 Å². The molecule has 0 bridgehead atoms. The van der Waals surface area contributed by atoms with Gasteiger partial charge in [-0.3, -0.25) is 0 Å². The number of rotatable bonds is 2. The minimum absolute atomic E-state index is 0.478. The van der Waals surface area contributed by atoms with Crippen LogP contribution in [0.1, 0.15) is 19.5 Å². The predicted molar refractivity (Wildman–Crippen MR) is 50.6 cm³/mol. The Morgan fingerprint density at radius 3 is 2.79 bits per heavy atom. The van der Waals surface area contributed by atoms with Crippen molar-refractivity contribution in [3.8, 4) is 0 Å². The van der Waals surface area contributed by atoms with Gasteiger partial charge in [-0.15, -0.1) is 0 Å². The van der Waals surface area contributed by atoms with Crippen LogP contribution < -0.4 is 5.32 Å². The molecule has 0 saturated carbocycles. The zero-order valence-corrected chi connectivity index (χ0v) is 8.44. The van der Waals surface area contributed by atoms with Gasteiger partial charge in [-0.2, -0.15) is 0 Å². The first-order valence-corrected chi connectivity index (χ1v) is 4.19. The first-order chi connectivity index (χ1) is 6.56. The summed E-state index contributed by atoms with van der Waals surface area (Å²) < 4.78 is 4.51. The third-order valence-electron chi connectivity index (χ3n) is 1.82.